The van der Waals surface area contributed by atoms with Gasteiger partial charge < -0.3 is 39.3 Å². The zero-order valence-corrected chi connectivity index (χ0v) is 22.2. The largest absolute Gasteiger partial charge is 0.484 e. The number of aromatic amines is 4. The van der Waals surface area contributed by atoms with Crippen LogP contribution in [-0.2, 0) is 63.6 Å². The van der Waals surface area contributed by atoms with Gasteiger partial charge in [0, 0.05) is 36.2 Å². The molecule has 0 amide bonds. The monoisotopic (exact) mass is 572 g/mol. The summed E-state index contributed by atoms with van der Waals surface area (Å²) >= 11 is 0. The number of rotatable bonds is 16. The Hall–Kier alpha value is -4.00. The minimum atomic E-state index is -4.34. The van der Waals surface area contributed by atoms with E-state index in [1.165, 1.54) is 0 Å². The van der Waals surface area contributed by atoms with Crippen LogP contribution >= 0.6 is 7.82 Å². The Kier molecular flexibility index (Phi) is 8.89. The van der Waals surface area contributed by atoms with Crippen LogP contribution in [0.3, 0.4) is 0 Å². The van der Waals surface area contributed by atoms with Crippen molar-refractivity contribution < 1.29 is 42.2 Å². The molecule has 212 valence electrons. The molecule has 4 aromatic rings. The molecule has 0 saturated heterocycles. The molecule has 1 aliphatic heterocycles. The number of phosphoric acid groups is 1. The molecule has 5 heterocycles. The normalized spacial score (nSPS) is 16.3. The first-order valence-corrected chi connectivity index (χ1v) is 13.9. The maximum absolute atomic E-state index is 13.8. The van der Waals surface area contributed by atoms with Crippen molar-refractivity contribution in [2.24, 2.45) is 0 Å². The molecule has 2 unspecified atom stereocenters. The van der Waals surface area contributed by atoms with Crippen molar-refractivity contribution in [3.05, 3.63) is 108 Å². The molecular weight excluding hydrogens is 543 g/mol. The zero-order chi connectivity index (χ0) is 27.8. The summed E-state index contributed by atoms with van der Waals surface area (Å²) in [4.78, 5) is 24.8. The number of carbonyl (C=O) groups excluding carboxylic acids is 1. The third kappa shape index (κ3) is 6.95. The number of aliphatic hydroxyl groups is 1. The lowest BCUT2D eigenvalue weighted by Gasteiger charge is -2.26. The number of aromatic nitrogens is 4. The third-order valence-corrected chi connectivity index (χ3v) is 7.26. The van der Waals surface area contributed by atoms with Crippen molar-refractivity contribution in [2.75, 3.05) is 6.61 Å². The summed E-state index contributed by atoms with van der Waals surface area (Å²) in [7, 11) is -4.34. The molecule has 40 heavy (non-hydrogen) atoms. The average Bonchev–Trinajstić information content (AvgIpc) is 3.79. The van der Waals surface area contributed by atoms with E-state index in [0.29, 0.717) is 22.8 Å². The minimum absolute atomic E-state index is 0.0227. The number of nitrogens with one attached hydrogen (secondary N) is 4. The summed E-state index contributed by atoms with van der Waals surface area (Å²) in [6.07, 6.45) is 4.13. The topological polar surface area (TPSA) is 173 Å². The van der Waals surface area contributed by atoms with Gasteiger partial charge in [-0.1, -0.05) is 0 Å². The number of hydrogen-bond donors (Lipinski definition) is 5. The summed E-state index contributed by atoms with van der Waals surface area (Å²) in [6, 6.07) is 14.2. The van der Waals surface area contributed by atoms with Crippen LogP contribution in [0.25, 0.3) is 0 Å². The van der Waals surface area contributed by atoms with Gasteiger partial charge in [-0.2, -0.15) is 0 Å². The van der Waals surface area contributed by atoms with Crippen LogP contribution in [0.1, 0.15) is 22.8 Å². The Morgan fingerprint density at radius 1 is 0.775 bits per heavy atom. The highest BCUT2D eigenvalue weighted by Gasteiger charge is 2.46. The van der Waals surface area contributed by atoms with Gasteiger partial charge in [-0.05, 0) is 48.5 Å². The van der Waals surface area contributed by atoms with E-state index in [1.54, 1.807) is 73.3 Å². The standard InChI is InChI=1S/C26H29N4O9P/c31-13-22(39-40(33,36-16-20-7-3-11-29-20)37-17-21-8-4-12-30-21)23-24(34-14-18-5-1-9-27-18)25(26(32)38-23)35-15-19-6-2-10-28-19/h1-12,22-23,27-31H,13-17H2. The van der Waals surface area contributed by atoms with E-state index in [9.17, 15) is 14.5 Å². The lowest BCUT2D eigenvalue weighted by molar-refractivity contribution is -0.148. The molecule has 5 N–H and O–H groups in total. The Morgan fingerprint density at radius 2 is 1.25 bits per heavy atom. The average molecular weight is 573 g/mol. The third-order valence-electron chi connectivity index (χ3n) is 5.84. The van der Waals surface area contributed by atoms with Crippen LogP contribution in [-0.4, -0.2) is 49.8 Å². The number of phosphoric ester groups is 1. The minimum Gasteiger partial charge on any atom is -0.484 e. The number of ether oxygens (including phenoxy) is 3. The van der Waals surface area contributed by atoms with E-state index < -0.39 is 32.6 Å². The fourth-order valence-corrected chi connectivity index (χ4v) is 5.15. The molecule has 0 fully saturated rings. The van der Waals surface area contributed by atoms with Gasteiger partial charge in [0.2, 0.25) is 5.76 Å². The van der Waals surface area contributed by atoms with Crippen molar-refractivity contribution in [3.8, 4) is 0 Å². The van der Waals surface area contributed by atoms with Crippen molar-refractivity contribution in [1.29, 1.82) is 0 Å². The molecule has 13 nitrogen and oxygen atoms in total. The number of H-pyrrole nitrogens is 4. The second-order valence-corrected chi connectivity index (χ2v) is 10.3. The Labute approximate surface area is 229 Å². The van der Waals surface area contributed by atoms with Gasteiger partial charge in [-0.3, -0.25) is 13.6 Å². The van der Waals surface area contributed by atoms with E-state index in [0.717, 1.165) is 0 Å². The second kappa shape index (κ2) is 12.9. The van der Waals surface area contributed by atoms with E-state index >= 15 is 0 Å². The van der Waals surface area contributed by atoms with Gasteiger partial charge in [-0.15, -0.1) is 0 Å². The summed E-state index contributed by atoms with van der Waals surface area (Å²) in [6.45, 7) is -0.907. The van der Waals surface area contributed by atoms with Gasteiger partial charge in [0.25, 0.3) is 0 Å². The first-order valence-electron chi connectivity index (χ1n) is 12.4. The van der Waals surface area contributed by atoms with E-state index in [-0.39, 0.29) is 37.9 Å². The summed E-state index contributed by atoms with van der Waals surface area (Å²) < 4.78 is 47.9. The second-order valence-electron chi connectivity index (χ2n) is 8.70. The first kappa shape index (κ1) is 27.6. The highest BCUT2D eigenvalue weighted by molar-refractivity contribution is 7.48. The zero-order valence-electron chi connectivity index (χ0n) is 21.3. The summed E-state index contributed by atoms with van der Waals surface area (Å²) in [5.41, 5.74) is 2.66. The Balaban J connectivity index is 1.37. The number of hydrogen-bond acceptors (Lipinski definition) is 9. The predicted octanol–water partition coefficient (Wildman–Crippen LogP) is 3.79. The highest BCUT2D eigenvalue weighted by Crippen LogP contribution is 2.53. The molecule has 4 aromatic heterocycles. The predicted molar refractivity (Wildman–Crippen MR) is 139 cm³/mol. The van der Waals surface area contributed by atoms with Gasteiger partial charge in [0.05, 0.1) is 31.2 Å². The fourth-order valence-electron chi connectivity index (χ4n) is 3.85. The molecule has 0 aromatic carbocycles. The molecular formula is C26H29N4O9P. The van der Waals surface area contributed by atoms with Crippen molar-refractivity contribution in [1.82, 2.24) is 19.9 Å². The van der Waals surface area contributed by atoms with Crippen LogP contribution in [0.15, 0.2) is 84.8 Å². The van der Waals surface area contributed by atoms with Crippen molar-refractivity contribution in [3.63, 3.8) is 0 Å². The molecule has 0 saturated carbocycles. The molecule has 5 rings (SSSR count). The summed E-state index contributed by atoms with van der Waals surface area (Å²) in [5.74, 6) is -1.04. The lowest BCUT2D eigenvalue weighted by atomic mass is 10.2. The molecule has 0 aliphatic carbocycles. The van der Waals surface area contributed by atoms with Gasteiger partial charge in [0.15, 0.2) is 11.9 Å². The molecule has 0 radical (unpaired) electrons. The Morgan fingerprint density at radius 3 is 1.70 bits per heavy atom. The number of esters is 1. The van der Waals surface area contributed by atoms with Crippen LogP contribution < -0.4 is 0 Å². The van der Waals surface area contributed by atoms with Gasteiger partial charge >= 0.3 is 13.8 Å². The number of carbonyl (C=O) groups is 1. The van der Waals surface area contributed by atoms with Crippen LogP contribution in [0, 0.1) is 0 Å². The quantitative estimate of drug-likeness (QED) is 0.0989. The smallest absolute Gasteiger partial charge is 0.476 e. The fraction of sp³-hybridized carbons (Fsp3) is 0.269. The molecule has 0 bridgehead atoms. The van der Waals surface area contributed by atoms with E-state index in [2.05, 4.69) is 19.9 Å². The molecule has 14 heteroatoms. The maximum Gasteiger partial charge on any atom is 0.476 e. The summed E-state index contributed by atoms with van der Waals surface area (Å²) in [5, 5.41) is 10.3. The van der Waals surface area contributed by atoms with E-state index in [1.807, 2.05) is 0 Å². The Bertz CT molecular complexity index is 1360. The van der Waals surface area contributed by atoms with Crippen molar-refractivity contribution >= 4 is 13.8 Å². The highest BCUT2D eigenvalue weighted by atomic mass is 31.2. The lowest BCUT2D eigenvalue weighted by Crippen LogP contribution is -2.35. The maximum atomic E-state index is 13.8. The number of aliphatic hydroxyl groups excluding tert-OH is 1. The van der Waals surface area contributed by atoms with Crippen LogP contribution in [0.4, 0.5) is 0 Å². The van der Waals surface area contributed by atoms with Crippen LogP contribution in [0.5, 0.6) is 0 Å². The SMILES string of the molecule is O=C1OC(C(CO)OP(=O)(OCc2ccc[nH]2)OCc2ccc[nH]2)C(OCc2ccc[nH]2)=C1OCc1ccc[nH]1. The van der Waals surface area contributed by atoms with Gasteiger partial charge in [0.1, 0.15) is 19.3 Å². The molecule has 0 spiro atoms. The van der Waals surface area contributed by atoms with E-state index in [4.69, 9.17) is 27.8 Å². The van der Waals surface area contributed by atoms with Crippen molar-refractivity contribution in [2.45, 2.75) is 38.6 Å². The molecule has 1 aliphatic rings. The van der Waals surface area contributed by atoms with Crippen LogP contribution in [0.2, 0.25) is 0 Å². The first-order chi connectivity index (χ1) is 19.5. The molecule has 2 atom stereocenters. The number of cyclic esters (lactones) is 1. The van der Waals surface area contributed by atoms with Gasteiger partial charge in [-0.25, -0.2) is 9.36 Å².